The second-order valence-corrected chi connectivity index (χ2v) is 6.12. The molecule has 0 spiro atoms. The maximum absolute atomic E-state index is 10.6. The highest BCUT2D eigenvalue weighted by Gasteiger charge is 2.18. The van der Waals surface area contributed by atoms with Crippen molar-refractivity contribution in [3.05, 3.63) is 69.0 Å². The van der Waals surface area contributed by atoms with Crippen LogP contribution in [-0.4, -0.2) is 15.1 Å². The van der Waals surface area contributed by atoms with Gasteiger partial charge in [0.15, 0.2) is 0 Å². The van der Waals surface area contributed by atoms with Crippen molar-refractivity contribution in [2.24, 2.45) is 0 Å². The molecule has 0 bridgehead atoms. The molecule has 1 aromatic carbocycles. The molecular formula is C15H10Br2N2O. The average molecular weight is 394 g/mol. The van der Waals surface area contributed by atoms with Gasteiger partial charge in [0.2, 0.25) is 0 Å². The Kier molecular flexibility index (Phi) is 3.83. The summed E-state index contributed by atoms with van der Waals surface area (Å²) in [6.07, 6.45) is 2.57. The molecular weight excluding hydrogens is 384 g/mol. The van der Waals surface area contributed by atoms with Crippen LogP contribution in [0.1, 0.15) is 17.4 Å². The minimum absolute atomic E-state index is 0.575. The van der Waals surface area contributed by atoms with Gasteiger partial charge in [-0.3, -0.25) is 9.97 Å². The summed E-state index contributed by atoms with van der Waals surface area (Å²) in [5.74, 6) is 0. The van der Waals surface area contributed by atoms with Crippen molar-refractivity contribution in [2.45, 2.75) is 6.10 Å². The molecule has 0 aliphatic rings. The minimum atomic E-state index is -0.823. The highest BCUT2D eigenvalue weighted by atomic mass is 79.9. The van der Waals surface area contributed by atoms with Crippen LogP contribution in [0.2, 0.25) is 0 Å². The first kappa shape index (κ1) is 13.7. The van der Waals surface area contributed by atoms with Crippen molar-refractivity contribution in [1.29, 1.82) is 0 Å². The smallest absolute Gasteiger partial charge is 0.124 e. The first-order valence-electron chi connectivity index (χ1n) is 5.99. The van der Waals surface area contributed by atoms with Gasteiger partial charge >= 0.3 is 0 Å². The second-order valence-electron chi connectivity index (χ2n) is 4.35. The molecule has 3 aromatic rings. The molecule has 1 unspecified atom stereocenters. The van der Waals surface area contributed by atoms with E-state index >= 15 is 0 Å². The van der Waals surface area contributed by atoms with Gasteiger partial charge in [-0.2, -0.15) is 0 Å². The van der Waals surface area contributed by atoms with Crippen molar-refractivity contribution in [1.82, 2.24) is 9.97 Å². The third kappa shape index (κ3) is 2.49. The van der Waals surface area contributed by atoms with Crippen LogP contribution in [0.25, 0.3) is 10.9 Å². The number of benzene rings is 1. The molecule has 0 aliphatic heterocycles. The van der Waals surface area contributed by atoms with Gasteiger partial charge in [-0.15, -0.1) is 0 Å². The van der Waals surface area contributed by atoms with E-state index in [9.17, 15) is 5.11 Å². The van der Waals surface area contributed by atoms with E-state index in [1.54, 1.807) is 12.4 Å². The molecule has 3 rings (SSSR count). The Morgan fingerprint density at radius 3 is 2.65 bits per heavy atom. The van der Waals surface area contributed by atoms with Crippen LogP contribution < -0.4 is 0 Å². The summed E-state index contributed by atoms with van der Waals surface area (Å²) in [5.41, 5.74) is 2.11. The molecule has 0 saturated heterocycles. The lowest BCUT2D eigenvalue weighted by Crippen LogP contribution is -2.04. The van der Waals surface area contributed by atoms with Crippen molar-refractivity contribution in [2.75, 3.05) is 0 Å². The number of pyridine rings is 2. The van der Waals surface area contributed by atoms with Gasteiger partial charge in [0.05, 0.1) is 11.2 Å². The Morgan fingerprint density at radius 2 is 1.85 bits per heavy atom. The number of rotatable bonds is 2. The Labute approximate surface area is 133 Å². The molecule has 1 N–H and O–H groups in total. The zero-order chi connectivity index (χ0) is 14.1. The molecule has 1 atom stereocenters. The highest BCUT2D eigenvalue weighted by molar-refractivity contribution is 9.11. The lowest BCUT2D eigenvalue weighted by Gasteiger charge is -2.14. The summed E-state index contributed by atoms with van der Waals surface area (Å²) < 4.78 is 1.61. The van der Waals surface area contributed by atoms with E-state index in [-0.39, 0.29) is 0 Å². The van der Waals surface area contributed by atoms with Gasteiger partial charge in [0.25, 0.3) is 0 Å². The minimum Gasteiger partial charge on any atom is -0.382 e. The SMILES string of the molecule is OC(c1ncc(Br)cc1Br)c1cccc2cccnc12. The van der Waals surface area contributed by atoms with Gasteiger partial charge in [-0.25, -0.2) is 0 Å². The molecule has 0 fully saturated rings. The Balaban J connectivity index is 2.15. The van der Waals surface area contributed by atoms with Gasteiger partial charge in [0, 0.05) is 32.3 Å². The van der Waals surface area contributed by atoms with Crippen molar-refractivity contribution < 1.29 is 5.11 Å². The number of hydrogen-bond acceptors (Lipinski definition) is 3. The largest absolute Gasteiger partial charge is 0.382 e. The topological polar surface area (TPSA) is 46.0 Å². The Morgan fingerprint density at radius 1 is 1.05 bits per heavy atom. The molecule has 2 heterocycles. The summed E-state index contributed by atoms with van der Waals surface area (Å²) in [4.78, 5) is 8.65. The van der Waals surface area contributed by atoms with Crippen LogP contribution in [0.15, 0.2) is 57.7 Å². The van der Waals surface area contributed by atoms with Gasteiger partial charge in [0.1, 0.15) is 6.10 Å². The number of aliphatic hydroxyl groups excluding tert-OH is 1. The summed E-state index contributed by atoms with van der Waals surface area (Å²) >= 11 is 6.79. The van der Waals surface area contributed by atoms with Crippen LogP contribution in [0, 0.1) is 0 Å². The zero-order valence-corrected chi connectivity index (χ0v) is 13.5. The van der Waals surface area contributed by atoms with Gasteiger partial charge in [-0.05, 0) is 44.0 Å². The number of aliphatic hydroxyl groups is 1. The molecule has 0 radical (unpaired) electrons. The van der Waals surface area contributed by atoms with Crippen LogP contribution in [0.5, 0.6) is 0 Å². The van der Waals surface area contributed by atoms with E-state index in [0.717, 1.165) is 25.4 Å². The normalized spacial score (nSPS) is 12.6. The molecule has 5 heteroatoms. The van der Waals surface area contributed by atoms with Crippen molar-refractivity contribution in [3.8, 4) is 0 Å². The summed E-state index contributed by atoms with van der Waals surface area (Å²) in [5, 5.41) is 11.6. The lowest BCUT2D eigenvalue weighted by molar-refractivity contribution is 0.216. The van der Waals surface area contributed by atoms with E-state index in [1.807, 2.05) is 36.4 Å². The number of hydrogen-bond donors (Lipinski definition) is 1. The quantitative estimate of drug-likeness (QED) is 0.708. The number of aromatic nitrogens is 2. The summed E-state index contributed by atoms with van der Waals surface area (Å²) in [6, 6.07) is 11.5. The zero-order valence-electron chi connectivity index (χ0n) is 10.3. The van der Waals surface area contributed by atoms with Crippen LogP contribution in [0.3, 0.4) is 0 Å². The monoisotopic (exact) mass is 392 g/mol. The van der Waals surface area contributed by atoms with E-state index in [0.29, 0.717) is 5.69 Å². The Bertz CT molecular complexity index is 771. The molecule has 0 amide bonds. The molecule has 20 heavy (non-hydrogen) atoms. The number of para-hydroxylation sites is 1. The fraction of sp³-hybridized carbons (Fsp3) is 0.0667. The van der Waals surface area contributed by atoms with E-state index in [4.69, 9.17) is 0 Å². The lowest BCUT2D eigenvalue weighted by atomic mass is 10.0. The van der Waals surface area contributed by atoms with Crippen LogP contribution >= 0.6 is 31.9 Å². The van der Waals surface area contributed by atoms with E-state index in [2.05, 4.69) is 41.8 Å². The van der Waals surface area contributed by atoms with Crippen molar-refractivity contribution in [3.63, 3.8) is 0 Å². The fourth-order valence-electron chi connectivity index (χ4n) is 2.12. The van der Waals surface area contributed by atoms with Crippen LogP contribution in [-0.2, 0) is 0 Å². The van der Waals surface area contributed by atoms with E-state index < -0.39 is 6.10 Å². The third-order valence-corrected chi connectivity index (χ3v) is 4.12. The van der Waals surface area contributed by atoms with Gasteiger partial charge in [-0.1, -0.05) is 24.3 Å². The number of nitrogens with zero attached hydrogens (tertiary/aromatic N) is 2. The predicted octanol–water partition coefficient (Wildman–Crippen LogP) is 4.24. The van der Waals surface area contributed by atoms with Gasteiger partial charge < -0.3 is 5.11 Å². The predicted molar refractivity (Wildman–Crippen MR) is 85.4 cm³/mol. The highest BCUT2D eigenvalue weighted by Crippen LogP contribution is 2.31. The fourth-order valence-corrected chi connectivity index (χ4v) is 3.33. The molecule has 2 aromatic heterocycles. The first-order valence-corrected chi connectivity index (χ1v) is 7.58. The number of halogens is 2. The second kappa shape index (κ2) is 5.60. The van der Waals surface area contributed by atoms with Crippen LogP contribution in [0.4, 0.5) is 0 Å². The number of fused-ring (bicyclic) bond motifs is 1. The molecule has 3 nitrogen and oxygen atoms in total. The van der Waals surface area contributed by atoms with Crippen molar-refractivity contribution >= 4 is 42.8 Å². The maximum atomic E-state index is 10.6. The molecule has 100 valence electrons. The average Bonchev–Trinajstić information content (AvgIpc) is 2.46. The maximum Gasteiger partial charge on any atom is 0.124 e. The Hall–Kier alpha value is -1.30. The standard InChI is InChI=1S/C15H10Br2N2O/c16-10-7-12(17)14(19-8-10)15(20)11-5-1-3-9-4-2-6-18-13(9)11/h1-8,15,20H. The molecule has 0 aliphatic carbocycles. The third-order valence-electron chi connectivity index (χ3n) is 3.05. The van der Waals surface area contributed by atoms with E-state index in [1.165, 1.54) is 0 Å². The first-order chi connectivity index (χ1) is 9.66. The summed E-state index contributed by atoms with van der Waals surface area (Å²) in [7, 11) is 0. The summed E-state index contributed by atoms with van der Waals surface area (Å²) in [6.45, 7) is 0. The molecule has 0 saturated carbocycles.